The first kappa shape index (κ1) is 10.7. The average molecular weight is 174 g/mol. The van der Waals surface area contributed by atoms with E-state index in [9.17, 15) is 17.6 Å². The number of alkyl halides is 4. The minimum absolute atomic E-state index is 0.120. The van der Waals surface area contributed by atoms with Gasteiger partial charge in [-0.05, 0) is 13.8 Å². The van der Waals surface area contributed by atoms with Crippen LogP contribution in [0.5, 0.6) is 0 Å². The summed E-state index contributed by atoms with van der Waals surface area (Å²) in [5.41, 5.74) is 0. The van der Waals surface area contributed by atoms with Crippen molar-refractivity contribution in [2.45, 2.75) is 38.9 Å². The Morgan fingerprint density at radius 2 is 1.45 bits per heavy atom. The Bertz CT molecular complexity index is 127. The summed E-state index contributed by atoms with van der Waals surface area (Å²) >= 11 is 0. The Labute approximate surface area is 62.3 Å². The van der Waals surface area contributed by atoms with Gasteiger partial charge in [0.25, 0.3) is 0 Å². The highest BCUT2D eigenvalue weighted by Crippen LogP contribution is 2.35. The monoisotopic (exact) mass is 174 g/mol. The first-order chi connectivity index (χ1) is 4.67. The number of ether oxygens (including phenoxy) is 1. The topological polar surface area (TPSA) is 9.23 Å². The quantitative estimate of drug-likeness (QED) is 0.597. The highest BCUT2D eigenvalue weighted by Gasteiger charge is 2.54. The molecule has 0 aliphatic carbocycles. The van der Waals surface area contributed by atoms with Crippen molar-refractivity contribution in [3.8, 4) is 0 Å². The van der Waals surface area contributed by atoms with Crippen LogP contribution in [0.3, 0.4) is 0 Å². The highest BCUT2D eigenvalue weighted by molar-refractivity contribution is 4.71. The van der Waals surface area contributed by atoms with Crippen molar-refractivity contribution in [3.05, 3.63) is 0 Å². The second-order valence-corrected chi connectivity index (χ2v) is 2.57. The minimum Gasteiger partial charge on any atom is -0.313 e. The molecule has 1 nitrogen and oxygen atoms in total. The van der Waals surface area contributed by atoms with E-state index in [1.54, 1.807) is 0 Å². The van der Waals surface area contributed by atoms with E-state index in [4.69, 9.17) is 0 Å². The Morgan fingerprint density at radius 1 is 1.09 bits per heavy atom. The SMILES string of the molecule is CC(C)OC(F)(F)C(C)(F)F. The molecule has 5 heteroatoms. The lowest BCUT2D eigenvalue weighted by Crippen LogP contribution is -2.41. The van der Waals surface area contributed by atoms with Crippen LogP contribution in [0.25, 0.3) is 0 Å². The van der Waals surface area contributed by atoms with E-state index in [1.807, 2.05) is 0 Å². The van der Waals surface area contributed by atoms with E-state index in [0.717, 1.165) is 0 Å². The van der Waals surface area contributed by atoms with Crippen molar-refractivity contribution in [3.63, 3.8) is 0 Å². The summed E-state index contributed by atoms with van der Waals surface area (Å²) in [5.74, 6) is -4.13. The largest absolute Gasteiger partial charge is 0.419 e. The van der Waals surface area contributed by atoms with Gasteiger partial charge in [-0.15, -0.1) is 0 Å². The summed E-state index contributed by atoms with van der Waals surface area (Å²) in [7, 11) is 0. The molecule has 0 unspecified atom stereocenters. The molecule has 0 aromatic rings. The Hall–Kier alpha value is -0.320. The smallest absolute Gasteiger partial charge is 0.313 e. The van der Waals surface area contributed by atoms with Crippen LogP contribution >= 0.6 is 0 Å². The fraction of sp³-hybridized carbons (Fsp3) is 1.00. The van der Waals surface area contributed by atoms with Crippen LogP contribution in [0.1, 0.15) is 20.8 Å². The molecule has 0 amide bonds. The molecule has 0 fully saturated rings. The van der Waals surface area contributed by atoms with Crippen molar-refractivity contribution in [1.29, 1.82) is 0 Å². The first-order valence-corrected chi connectivity index (χ1v) is 3.10. The van der Waals surface area contributed by atoms with Gasteiger partial charge in [-0.3, -0.25) is 0 Å². The molecular formula is C6H10F4O. The first-order valence-electron chi connectivity index (χ1n) is 3.10. The molecule has 0 heterocycles. The zero-order valence-corrected chi connectivity index (χ0v) is 6.50. The Kier molecular flexibility index (Phi) is 2.88. The molecule has 0 aromatic carbocycles. The zero-order chi connectivity index (χ0) is 9.28. The van der Waals surface area contributed by atoms with Crippen LogP contribution in [0.2, 0.25) is 0 Å². The van der Waals surface area contributed by atoms with Gasteiger partial charge >= 0.3 is 12.0 Å². The van der Waals surface area contributed by atoms with Gasteiger partial charge in [0.2, 0.25) is 0 Å². The van der Waals surface area contributed by atoms with Crippen LogP contribution in [0.15, 0.2) is 0 Å². The van der Waals surface area contributed by atoms with Crippen LogP contribution < -0.4 is 0 Å². The normalized spacial score (nSPS) is 14.2. The second kappa shape index (κ2) is 2.97. The predicted molar refractivity (Wildman–Crippen MR) is 31.8 cm³/mol. The van der Waals surface area contributed by atoms with Gasteiger partial charge < -0.3 is 4.74 Å². The number of hydrogen-bond acceptors (Lipinski definition) is 1. The molecule has 0 atom stereocenters. The summed E-state index contributed by atoms with van der Waals surface area (Å²) in [5, 5.41) is 0. The lowest BCUT2D eigenvalue weighted by Gasteiger charge is -2.24. The molecule has 0 radical (unpaired) electrons. The van der Waals surface area contributed by atoms with Gasteiger partial charge in [-0.25, -0.2) is 0 Å². The molecule has 0 rings (SSSR count). The molecule has 68 valence electrons. The molecular weight excluding hydrogens is 164 g/mol. The maximum atomic E-state index is 12.2. The van der Waals surface area contributed by atoms with Crippen molar-refractivity contribution in [2.24, 2.45) is 0 Å². The van der Waals surface area contributed by atoms with Crippen LogP contribution in [0.4, 0.5) is 17.6 Å². The fourth-order valence-corrected chi connectivity index (χ4v) is 0.399. The summed E-state index contributed by atoms with van der Waals surface area (Å²) in [6.45, 7) is 2.65. The summed E-state index contributed by atoms with van der Waals surface area (Å²) in [6, 6.07) is 0. The van der Waals surface area contributed by atoms with Gasteiger partial charge in [0.15, 0.2) is 0 Å². The summed E-state index contributed by atoms with van der Waals surface area (Å²) in [6.07, 6.45) is -5.29. The van der Waals surface area contributed by atoms with Gasteiger partial charge in [0, 0.05) is 6.92 Å². The second-order valence-electron chi connectivity index (χ2n) is 2.57. The third-order valence-electron chi connectivity index (χ3n) is 0.895. The van der Waals surface area contributed by atoms with Gasteiger partial charge in [-0.2, -0.15) is 17.6 Å². The Balaban J connectivity index is 4.22. The molecule has 0 aliphatic heterocycles. The number of hydrogen-bond donors (Lipinski definition) is 0. The predicted octanol–water partition coefficient (Wildman–Crippen LogP) is 2.66. The summed E-state index contributed by atoms with van der Waals surface area (Å²) in [4.78, 5) is 0. The standard InChI is InChI=1S/C6H10F4O/c1-4(2)11-6(9,10)5(3,7)8/h4H,1-3H3. The molecule has 0 bridgehead atoms. The van der Waals surface area contributed by atoms with Crippen LogP contribution in [0, 0.1) is 0 Å². The van der Waals surface area contributed by atoms with E-state index < -0.39 is 18.1 Å². The fourth-order valence-electron chi connectivity index (χ4n) is 0.399. The molecule has 0 aromatic heterocycles. The van der Waals surface area contributed by atoms with Crippen LogP contribution in [-0.2, 0) is 4.74 Å². The van der Waals surface area contributed by atoms with Crippen molar-refractivity contribution < 1.29 is 22.3 Å². The van der Waals surface area contributed by atoms with Crippen LogP contribution in [-0.4, -0.2) is 18.1 Å². The van der Waals surface area contributed by atoms with Crippen molar-refractivity contribution in [1.82, 2.24) is 0 Å². The zero-order valence-electron chi connectivity index (χ0n) is 6.50. The average Bonchev–Trinajstić information content (AvgIpc) is 1.56. The van der Waals surface area contributed by atoms with E-state index in [-0.39, 0.29) is 6.92 Å². The van der Waals surface area contributed by atoms with Gasteiger partial charge in [0.1, 0.15) is 0 Å². The molecule has 0 saturated carbocycles. The lowest BCUT2D eigenvalue weighted by atomic mass is 10.3. The summed E-state index contributed by atoms with van der Waals surface area (Å²) < 4.78 is 52.1. The maximum Gasteiger partial charge on any atom is 0.419 e. The van der Waals surface area contributed by atoms with E-state index in [1.165, 1.54) is 13.8 Å². The molecule has 11 heavy (non-hydrogen) atoms. The molecule has 0 N–H and O–H groups in total. The van der Waals surface area contributed by atoms with E-state index >= 15 is 0 Å². The molecule has 0 saturated heterocycles. The third-order valence-corrected chi connectivity index (χ3v) is 0.895. The number of halogens is 4. The molecule has 0 aliphatic rings. The highest BCUT2D eigenvalue weighted by atomic mass is 19.3. The third kappa shape index (κ3) is 3.05. The van der Waals surface area contributed by atoms with Crippen molar-refractivity contribution in [2.75, 3.05) is 0 Å². The Morgan fingerprint density at radius 3 is 1.55 bits per heavy atom. The van der Waals surface area contributed by atoms with E-state index in [0.29, 0.717) is 0 Å². The van der Waals surface area contributed by atoms with E-state index in [2.05, 4.69) is 4.74 Å². The van der Waals surface area contributed by atoms with Gasteiger partial charge in [-0.1, -0.05) is 0 Å². The van der Waals surface area contributed by atoms with Crippen molar-refractivity contribution >= 4 is 0 Å². The number of rotatable bonds is 3. The minimum atomic E-state index is -4.37. The van der Waals surface area contributed by atoms with Gasteiger partial charge in [0.05, 0.1) is 6.10 Å². The molecule has 0 spiro atoms. The maximum absolute atomic E-state index is 12.2. The lowest BCUT2D eigenvalue weighted by molar-refractivity contribution is -0.352.